The molecule has 0 saturated carbocycles. The van der Waals surface area contributed by atoms with E-state index in [9.17, 15) is 4.79 Å². The molecule has 1 heterocycles. The van der Waals surface area contributed by atoms with Crippen LogP contribution in [0.5, 0.6) is 0 Å². The Morgan fingerprint density at radius 2 is 1.75 bits per heavy atom. The Hall–Kier alpha value is -3.04. The third kappa shape index (κ3) is 4.31. The van der Waals surface area contributed by atoms with Crippen LogP contribution in [0.25, 0.3) is 10.9 Å². The maximum Gasteiger partial charge on any atom is 0.220 e. The maximum atomic E-state index is 12.8. The van der Waals surface area contributed by atoms with Gasteiger partial charge in [0.15, 0.2) is 0 Å². The number of nitrogens with one attached hydrogen (secondary N) is 1. The fourth-order valence-electron chi connectivity index (χ4n) is 4.88. The van der Waals surface area contributed by atoms with Gasteiger partial charge in [-0.1, -0.05) is 72.3 Å². The molecule has 1 amide bonds. The SMILES string of the molecule is O=C(CCc1cn(Cc2ccccc2Cl)c2ccccc12)N[C@H]1CCCc2ccccc21. The molecule has 0 radical (unpaired) electrons. The molecule has 1 aliphatic carbocycles. The van der Waals surface area contributed by atoms with Crippen LogP contribution in [0, 0.1) is 0 Å². The quantitative estimate of drug-likeness (QED) is 0.365. The van der Waals surface area contributed by atoms with Crippen molar-refractivity contribution in [3.63, 3.8) is 0 Å². The van der Waals surface area contributed by atoms with Crippen LogP contribution in [0.15, 0.2) is 79.0 Å². The van der Waals surface area contributed by atoms with Gasteiger partial charge in [-0.25, -0.2) is 0 Å². The van der Waals surface area contributed by atoms with E-state index in [1.807, 2.05) is 18.2 Å². The van der Waals surface area contributed by atoms with Crippen molar-refractivity contribution in [2.45, 2.75) is 44.7 Å². The van der Waals surface area contributed by atoms with Crippen LogP contribution >= 0.6 is 11.6 Å². The molecule has 0 spiro atoms. The highest BCUT2D eigenvalue weighted by molar-refractivity contribution is 6.31. The van der Waals surface area contributed by atoms with E-state index in [1.165, 1.54) is 27.6 Å². The van der Waals surface area contributed by atoms with Gasteiger partial charge in [-0.3, -0.25) is 4.79 Å². The Kier molecular flexibility index (Phi) is 6.00. The second kappa shape index (κ2) is 9.22. The van der Waals surface area contributed by atoms with Crippen molar-refractivity contribution >= 4 is 28.4 Å². The standard InChI is InChI=1S/C28H27ClN2O/c29-25-13-5-2-9-22(25)19-31-18-21(24-12-4-6-15-27(24)31)16-17-28(32)30-26-14-7-10-20-8-1-3-11-23(20)26/h1-6,8-9,11-13,15,18,26H,7,10,14,16-17,19H2,(H,30,32)/t26-/m0/s1. The zero-order valence-electron chi connectivity index (χ0n) is 18.1. The predicted octanol–water partition coefficient (Wildman–Crippen LogP) is 6.47. The zero-order chi connectivity index (χ0) is 21.9. The summed E-state index contributed by atoms with van der Waals surface area (Å²) in [5, 5.41) is 5.27. The number of fused-ring (bicyclic) bond motifs is 2. The van der Waals surface area contributed by atoms with E-state index >= 15 is 0 Å². The molecule has 3 aromatic carbocycles. The topological polar surface area (TPSA) is 34.0 Å². The highest BCUT2D eigenvalue weighted by atomic mass is 35.5. The van der Waals surface area contributed by atoms with Crippen molar-refractivity contribution in [1.29, 1.82) is 0 Å². The van der Waals surface area contributed by atoms with Gasteiger partial charge in [-0.2, -0.15) is 0 Å². The van der Waals surface area contributed by atoms with Gasteiger partial charge in [0.05, 0.1) is 6.04 Å². The lowest BCUT2D eigenvalue weighted by molar-refractivity contribution is -0.121. The van der Waals surface area contributed by atoms with Crippen LogP contribution in [0.4, 0.5) is 0 Å². The van der Waals surface area contributed by atoms with E-state index in [-0.39, 0.29) is 11.9 Å². The average Bonchev–Trinajstić information content (AvgIpc) is 3.17. The number of hydrogen-bond donors (Lipinski definition) is 1. The largest absolute Gasteiger partial charge is 0.349 e. The Labute approximate surface area is 194 Å². The van der Waals surface area contributed by atoms with Gasteiger partial charge >= 0.3 is 0 Å². The molecule has 1 atom stereocenters. The molecule has 0 saturated heterocycles. The smallest absolute Gasteiger partial charge is 0.220 e. The van der Waals surface area contributed by atoms with E-state index in [4.69, 9.17) is 11.6 Å². The number of benzene rings is 3. The second-order valence-electron chi connectivity index (χ2n) is 8.60. The molecule has 0 unspecified atom stereocenters. The summed E-state index contributed by atoms with van der Waals surface area (Å²) in [7, 11) is 0. The maximum absolute atomic E-state index is 12.8. The Bertz CT molecular complexity index is 1260. The van der Waals surface area contributed by atoms with Crippen LogP contribution < -0.4 is 5.32 Å². The summed E-state index contributed by atoms with van der Waals surface area (Å²) >= 11 is 6.40. The molecule has 162 valence electrons. The third-order valence-electron chi connectivity index (χ3n) is 6.50. The number of amides is 1. The summed E-state index contributed by atoms with van der Waals surface area (Å²) in [6.45, 7) is 0.714. The molecule has 3 nitrogen and oxygen atoms in total. The molecule has 4 aromatic rings. The minimum absolute atomic E-state index is 0.120. The van der Waals surface area contributed by atoms with E-state index < -0.39 is 0 Å². The monoisotopic (exact) mass is 442 g/mol. The Morgan fingerprint density at radius 1 is 0.969 bits per heavy atom. The number of para-hydroxylation sites is 1. The fourth-order valence-corrected chi connectivity index (χ4v) is 5.08. The van der Waals surface area contributed by atoms with Gasteiger partial charge in [0.2, 0.25) is 5.91 Å². The molecule has 4 heteroatoms. The summed E-state index contributed by atoms with van der Waals surface area (Å²) in [6.07, 6.45) is 6.62. The molecule has 0 fully saturated rings. The average molecular weight is 443 g/mol. The van der Waals surface area contributed by atoms with E-state index in [0.717, 1.165) is 36.3 Å². The first-order valence-electron chi connectivity index (χ1n) is 11.4. The van der Waals surface area contributed by atoms with Crippen molar-refractivity contribution in [2.24, 2.45) is 0 Å². The summed E-state index contributed by atoms with van der Waals surface area (Å²) in [6, 6.07) is 25.0. The fraction of sp³-hybridized carbons (Fsp3) is 0.250. The number of hydrogen-bond acceptors (Lipinski definition) is 1. The predicted molar refractivity (Wildman–Crippen MR) is 131 cm³/mol. The summed E-state index contributed by atoms with van der Waals surface area (Å²) in [5.41, 5.74) is 6.11. The van der Waals surface area contributed by atoms with Gasteiger partial charge in [0, 0.05) is 35.1 Å². The molecule has 32 heavy (non-hydrogen) atoms. The highest BCUT2D eigenvalue weighted by Crippen LogP contribution is 2.30. The molecule has 0 aliphatic heterocycles. The highest BCUT2D eigenvalue weighted by Gasteiger charge is 2.21. The van der Waals surface area contributed by atoms with E-state index in [0.29, 0.717) is 13.0 Å². The van der Waals surface area contributed by atoms with Crippen molar-refractivity contribution in [3.05, 3.63) is 106 Å². The molecular weight excluding hydrogens is 416 g/mol. The van der Waals surface area contributed by atoms with Crippen molar-refractivity contribution in [2.75, 3.05) is 0 Å². The molecule has 5 rings (SSSR count). The lowest BCUT2D eigenvalue weighted by Crippen LogP contribution is -2.31. The molecule has 1 aromatic heterocycles. The number of carbonyl (C=O) groups is 1. The molecular formula is C28H27ClN2O. The zero-order valence-corrected chi connectivity index (χ0v) is 18.8. The molecule has 0 bridgehead atoms. The molecule has 1 N–H and O–H groups in total. The lowest BCUT2D eigenvalue weighted by Gasteiger charge is -2.26. The Balaban J connectivity index is 1.31. The number of halogens is 1. The summed E-state index contributed by atoms with van der Waals surface area (Å²) in [4.78, 5) is 12.8. The second-order valence-corrected chi connectivity index (χ2v) is 9.01. The van der Waals surface area contributed by atoms with Crippen molar-refractivity contribution in [3.8, 4) is 0 Å². The number of nitrogens with zero attached hydrogens (tertiary/aromatic N) is 1. The van der Waals surface area contributed by atoms with Crippen molar-refractivity contribution in [1.82, 2.24) is 9.88 Å². The Morgan fingerprint density at radius 3 is 2.66 bits per heavy atom. The first kappa shape index (κ1) is 20.8. The minimum Gasteiger partial charge on any atom is -0.349 e. The third-order valence-corrected chi connectivity index (χ3v) is 6.86. The van der Waals surface area contributed by atoms with Crippen LogP contribution in [-0.2, 0) is 24.2 Å². The lowest BCUT2D eigenvalue weighted by atomic mass is 9.87. The van der Waals surface area contributed by atoms with Gasteiger partial charge in [0.25, 0.3) is 0 Å². The number of rotatable bonds is 6. The summed E-state index contributed by atoms with van der Waals surface area (Å²) < 4.78 is 2.24. The van der Waals surface area contributed by atoms with Gasteiger partial charge in [0.1, 0.15) is 0 Å². The molecule has 1 aliphatic rings. The van der Waals surface area contributed by atoms with Crippen LogP contribution in [0.3, 0.4) is 0 Å². The van der Waals surface area contributed by atoms with Gasteiger partial charge < -0.3 is 9.88 Å². The summed E-state index contributed by atoms with van der Waals surface area (Å²) in [5.74, 6) is 0.120. The van der Waals surface area contributed by atoms with Crippen molar-refractivity contribution < 1.29 is 4.79 Å². The van der Waals surface area contributed by atoms with E-state index in [1.54, 1.807) is 0 Å². The van der Waals surface area contributed by atoms with Crippen LogP contribution in [0.2, 0.25) is 5.02 Å². The van der Waals surface area contributed by atoms with Crippen LogP contribution in [0.1, 0.15) is 47.6 Å². The minimum atomic E-state index is 0.120. The number of aryl methyl sites for hydroxylation is 2. The van der Waals surface area contributed by atoms with Gasteiger partial charge in [-0.05, 0) is 60.1 Å². The normalized spacial score (nSPS) is 15.5. The van der Waals surface area contributed by atoms with Gasteiger partial charge in [-0.15, -0.1) is 0 Å². The first-order chi connectivity index (χ1) is 15.7. The van der Waals surface area contributed by atoms with Crippen LogP contribution in [-0.4, -0.2) is 10.5 Å². The number of carbonyl (C=O) groups excluding carboxylic acids is 1. The first-order valence-corrected chi connectivity index (χ1v) is 11.7. The number of aromatic nitrogens is 1. The van der Waals surface area contributed by atoms with E-state index in [2.05, 4.69) is 70.7 Å².